The maximum atomic E-state index is 8.97. The average Bonchev–Trinajstić information content (AvgIpc) is 2.31. The first-order valence-corrected chi connectivity index (χ1v) is 6.81. The van der Waals surface area contributed by atoms with Crippen LogP contribution < -0.4 is 5.32 Å². The number of piperidine rings is 1. The van der Waals surface area contributed by atoms with Crippen molar-refractivity contribution in [2.75, 3.05) is 53.9 Å². The Kier molecular flexibility index (Phi) is 7.04. The molecule has 1 atom stereocenters. The molecule has 0 saturated carbocycles. The Hall–Kier alpha value is -0.160. The second-order valence-electron chi connectivity index (χ2n) is 5.47. The van der Waals surface area contributed by atoms with E-state index >= 15 is 0 Å². The normalized spacial score (nSPS) is 21.0. The number of likely N-dealkylation sites (tertiary alicyclic amines) is 1. The van der Waals surface area contributed by atoms with E-state index in [9.17, 15) is 0 Å². The van der Waals surface area contributed by atoms with E-state index in [4.69, 9.17) is 5.11 Å². The molecular formula is C13H29N3O. The van der Waals surface area contributed by atoms with Gasteiger partial charge in [-0.3, -0.25) is 0 Å². The van der Waals surface area contributed by atoms with Gasteiger partial charge in [-0.1, -0.05) is 0 Å². The molecule has 1 fully saturated rings. The molecule has 0 aliphatic carbocycles. The Bertz CT molecular complexity index is 193. The Labute approximate surface area is 106 Å². The summed E-state index contributed by atoms with van der Waals surface area (Å²) in [6, 6.07) is 0.413. The predicted octanol–water partition coefficient (Wildman–Crippen LogP) is 0.230. The van der Waals surface area contributed by atoms with Crippen molar-refractivity contribution in [2.24, 2.45) is 5.92 Å². The summed E-state index contributed by atoms with van der Waals surface area (Å²) in [6.07, 6.45) is 3.49. The summed E-state index contributed by atoms with van der Waals surface area (Å²) in [5.74, 6) is 0.850. The minimum atomic E-state index is 0.271. The van der Waals surface area contributed by atoms with E-state index in [0.717, 1.165) is 18.9 Å². The molecule has 0 amide bonds. The molecule has 1 saturated heterocycles. The van der Waals surface area contributed by atoms with Crippen molar-refractivity contribution >= 4 is 0 Å². The van der Waals surface area contributed by atoms with Gasteiger partial charge >= 0.3 is 0 Å². The van der Waals surface area contributed by atoms with E-state index in [2.05, 4.69) is 29.2 Å². The molecule has 0 bridgehead atoms. The number of hydrogen-bond donors (Lipinski definition) is 2. The molecule has 4 nitrogen and oxygen atoms in total. The Morgan fingerprint density at radius 2 is 2.06 bits per heavy atom. The van der Waals surface area contributed by atoms with Crippen LogP contribution in [-0.2, 0) is 0 Å². The highest BCUT2D eigenvalue weighted by atomic mass is 16.3. The maximum absolute atomic E-state index is 8.97. The van der Waals surface area contributed by atoms with Crippen molar-refractivity contribution in [3.63, 3.8) is 0 Å². The summed E-state index contributed by atoms with van der Waals surface area (Å²) in [6.45, 7) is 4.98. The molecule has 1 aliphatic heterocycles. The van der Waals surface area contributed by atoms with Gasteiger partial charge in [-0.05, 0) is 59.4 Å². The lowest BCUT2D eigenvalue weighted by Crippen LogP contribution is -2.42. The van der Waals surface area contributed by atoms with Gasteiger partial charge in [0.2, 0.25) is 0 Å². The van der Waals surface area contributed by atoms with Crippen molar-refractivity contribution < 1.29 is 5.11 Å². The number of nitrogens with zero attached hydrogens (tertiary/aromatic N) is 2. The van der Waals surface area contributed by atoms with E-state index in [1.165, 1.54) is 32.5 Å². The van der Waals surface area contributed by atoms with Gasteiger partial charge in [0.05, 0.1) is 0 Å². The Morgan fingerprint density at radius 1 is 1.41 bits per heavy atom. The van der Waals surface area contributed by atoms with Crippen molar-refractivity contribution in [3.8, 4) is 0 Å². The summed E-state index contributed by atoms with van der Waals surface area (Å²) >= 11 is 0. The molecule has 1 rings (SSSR count). The third-order valence-electron chi connectivity index (χ3n) is 3.83. The quantitative estimate of drug-likeness (QED) is 0.671. The van der Waals surface area contributed by atoms with E-state index in [1.807, 2.05) is 7.05 Å². The zero-order valence-corrected chi connectivity index (χ0v) is 11.7. The summed E-state index contributed by atoms with van der Waals surface area (Å²) < 4.78 is 0. The lowest BCUT2D eigenvalue weighted by Gasteiger charge is -2.32. The molecule has 4 heteroatoms. The summed E-state index contributed by atoms with van der Waals surface area (Å²) in [5, 5.41) is 12.2. The molecule has 102 valence electrons. The fourth-order valence-corrected chi connectivity index (χ4v) is 2.62. The zero-order chi connectivity index (χ0) is 12.7. The monoisotopic (exact) mass is 243 g/mol. The number of rotatable bonds is 7. The van der Waals surface area contributed by atoms with Gasteiger partial charge in [0, 0.05) is 25.7 Å². The largest absolute Gasteiger partial charge is 0.396 e. The SMILES string of the molecule is CNC(CCO)CN(C)CC1CCN(C)CC1. The van der Waals surface area contributed by atoms with Crippen molar-refractivity contribution in [3.05, 3.63) is 0 Å². The van der Waals surface area contributed by atoms with Gasteiger partial charge in [0.25, 0.3) is 0 Å². The van der Waals surface area contributed by atoms with Gasteiger partial charge < -0.3 is 20.2 Å². The molecule has 0 spiro atoms. The number of hydrogen-bond acceptors (Lipinski definition) is 4. The second kappa shape index (κ2) is 8.03. The first-order valence-electron chi connectivity index (χ1n) is 6.81. The van der Waals surface area contributed by atoms with Crippen LogP contribution in [0, 0.1) is 5.92 Å². The zero-order valence-electron chi connectivity index (χ0n) is 11.7. The van der Waals surface area contributed by atoms with Gasteiger partial charge in [0.1, 0.15) is 0 Å². The molecule has 1 unspecified atom stereocenters. The smallest absolute Gasteiger partial charge is 0.0446 e. The van der Waals surface area contributed by atoms with Crippen LogP contribution in [0.25, 0.3) is 0 Å². The molecule has 0 aromatic carbocycles. The second-order valence-corrected chi connectivity index (χ2v) is 5.47. The molecular weight excluding hydrogens is 214 g/mol. The van der Waals surface area contributed by atoms with Crippen LogP contribution in [0.4, 0.5) is 0 Å². The number of likely N-dealkylation sites (N-methyl/N-ethyl adjacent to an activating group) is 2. The first-order chi connectivity index (χ1) is 8.15. The van der Waals surface area contributed by atoms with Gasteiger partial charge in [-0.2, -0.15) is 0 Å². The van der Waals surface area contributed by atoms with E-state index in [-0.39, 0.29) is 6.61 Å². The molecule has 1 heterocycles. The summed E-state index contributed by atoms with van der Waals surface area (Å²) in [5.41, 5.74) is 0. The van der Waals surface area contributed by atoms with Crippen molar-refractivity contribution in [1.29, 1.82) is 0 Å². The lowest BCUT2D eigenvalue weighted by atomic mass is 9.96. The Morgan fingerprint density at radius 3 is 2.59 bits per heavy atom. The number of aliphatic hydroxyl groups is 1. The minimum Gasteiger partial charge on any atom is -0.396 e. The molecule has 2 N–H and O–H groups in total. The third kappa shape index (κ3) is 5.82. The highest BCUT2D eigenvalue weighted by molar-refractivity contribution is 4.75. The Balaban J connectivity index is 2.21. The van der Waals surface area contributed by atoms with E-state index < -0.39 is 0 Å². The highest BCUT2D eigenvalue weighted by Crippen LogP contribution is 2.16. The van der Waals surface area contributed by atoms with E-state index in [1.54, 1.807) is 0 Å². The molecule has 0 aromatic heterocycles. The molecule has 17 heavy (non-hydrogen) atoms. The first kappa shape index (κ1) is 14.9. The van der Waals surface area contributed by atoms with Crippen LogP contribution in [0.1, 0.15) is 19.3 Å². The maximum Gasteiger partial charge on any atom is 0.0446 e. The van der Waals surface area contributed by atoms with Crippen molar-refractivity contribution in [2.45, 2.75) is 25.3 Å². The van der Waals surface area contributed by atoms with Gasteiger partial charge in [0.15, 0.2) is 0 Å². The fourth-order valence-electron chi connectivity index (χ4n) is 2.62. The van der Waals surface area contributed by atoms with Crippen LogP contribution in [0.5, 0.6) is 0 Å². The molecule has 0 aromatic rings. The van der Waals surface area contributed by atoms with Crippen LogP contribution in [-0.4, -0.2) is 74.9 Å². The van der Waals surface area contributed by atoms with Crippen LogP contribution in [0.15, 0.2) is 0 Å². The average molecular weight is 243 g/mol. The van der Waals surface area contributed by atoms with E-state index in [0.29, 0.717) is 6.04 Å². The highest BCUT2D eigenvalue weighted by Gasteiger charge is 2.19. The standard InChI is InChI=1S/C13H29N3O/c1-14-13(6-9-17)11-16(3)10-12-4-7-15(2)8-5-12/h12-14,17H,4-11H2,1-3H3. The van der Waals surface area contributed by atoms with Crippen molar-refractivity contribution in [1.82, 2.24) is 15.1 Å². The minimum absolute atomic E-state index is 0.271. The molecule has 1 aliphatic rings. The predicted molar refractivity (Wildman–Crippen MR) is 72.3 cm³/mol. The third-order valence-corrected chi connectivity index (χ3v) is 3.83. The molecule has 0 radical (unpaired) electrons. The van der Waals surface area contributed by atoms with Crippen LogP contribution in [0.3, 0.4) is 0 Å². The van der Waals surface area contributed by atoms with Crippen LogP contribution in [0.2, 0.25) is 0 Å². The summed E-state index contributed by atoms with van der Waals surface area (Å²) in [4.78, 5) is 4.82. The van der Waals surface area contributed by atoms with Gasteiger partial charge in [-0.15, -0.1) is 0 Å². The number of aliphatic hydroxyl groups excluding tert-OH is 1. The van der Waals surface area contributed by atoms with Crippen LogP contribution >= 0.6 is 0 Å². The number of nitrogens with one attached hydrogen (secondary N) is 1. The summed E-state index contributed by atoms with van der Waals surface area (Å²) in [7, 11) is 6.38. The topological polar surface area (TPSA) is 38.7 Å². The fraction of sp³-hybridized carbons (Fsp3) is 1.00. The van der Waals surface area contributed by atoms with Gasteiger partial charge in [-0.25, -0.2) is 0 Å². The lowest BCUT2D eigenvalue weighted by molar-refractivity contribution is 0.164.